The summed E-state index contributed by atoms with van der Waals surface area (Å²) >= 11 is 14.3. The number of likely N-dealkylation sites (N-methyl/N-ethyl adjacent to an activating group) is 1. The normalized spacial score (nSPS) is 25.6. The molecule has 8 heterocycles. The third kappa shape index (κ3) is 21.7. The van der Waals surface area contributed by atoms with Gasteiger partial charge in [-0.3, -0.25) is 53.1 Å². The second-order valence-electron chi connectivity index (χ2n) is 31.3. The van der Waals surface area contributed by atoms with Crippen molar-refractivity contribution in [2.45, 2.75) is 170 Å². The molecule has 682 valence electrons. The van der Waals surface area contributed by atoms with Gasteiger partial charge in [0.05, 0.1) is 47.9 Å². The largest absolute Gasteiger partial charge is 0.508 e. The first-order valence-corrected chi connectivity index (χ1v) is 40.9. The van der Waals surface area contributed by atoms with Gasteiger partial charge in [0.1, 0.15) is 107 Å². The Hall–Kier alpha value is -12.8. The Bertz CT molecular complexity index is 5500. The lowest BCUT2D eigenvalue weighted by molar-refractivity contribution is -0.334. The maximum Gasteiger partial charge on any atom is 0.349 e. The van der Waals surface area contributed by atoms with Crippen LogP contribution in [0, 0.1) is 5.92 Å². The molecule has 6 aromatic carbocycles. The molecule has 18 unspecified atom stereocenters. The molecule has 14 rings (SSSR count). The standard InChI is InChI=1S/C84H95Cl2N15O27/c1-7-122-43-14-8-37(9-15-43)10-19-59(107)92-58-20-22-101(83(121)93-58)23-21-90-84(5)33-60(123-36(4)73(84)112)127-72-70(111)69(110)56(34-102)126-81(72)128-71-54-28-41-29-55(71)125-53-18-13-40(27-47(53)86)68(109)66-79(118)96-64(80(119)99-100-82(88)120)45-30-42(103)31-51(105)61(45)44-25-38(11-16-50(44)104)62(76(115)98-66)95-77(116)63(41)94-75(114)49(32-57(87)106)91-78(117)65(97-74(113)48(89-6)24-35(2)3)67(108)39-12-17-52(124-54)46(85)26-39/h8-20,22,25-31,35-36,48-49,56,60,62-70,72-73,81,89-90,102-105,108-112H,7,21,23-24,32-34H2,1-6H3,(H2,87,106)(H,91,117)(H,94,114)(H,95,116)(H,96,118)(H,97,113)(H,98,115)(H,99,119)(H3,88,100,120)(H,92,93,107,121). The van der Waals surface area contributed by atoms with Crippen molar-refractivity contribution in [3.8, 4) is 62.9 Å². The van der Waals surface area contributed by atoms with Crippen LogP contribution >= 0.6 is 23.2 Å². The molecule has 24 N–H and O–H groups in total. The number of aromatic nitrogens is 2. The Morgan fingerprint density at radius 3 is 1.99 bits per heavy atom. The van der Waals surface area contributed by atoms with Gasteiger partial charge in [-0.25, -0.2) is 15.0 Å². The van der Waals surface area contributed by atoms with E-state index in [1.165, 1.54) is 49.0 Å². The molecule has 0 saturated carbocycles. The van der Waals surface area contributed by atoms with Gasteiger partial charge >= 0.3 is 11.7 Å². The highest BCUT2D eigenvalue weighted by Gasteiger charge is 2.52. The highest BCUT2D eigenvalue weighted by molar-refractivity contribution is 6.32. The van der Waals surface area contributed by atoms with Crippen LogP contribution in [-0.4, -0.2) is 220 Å². The van der Waals surface area contributed by atoms with Crippen LogP contribution in [0.15, 0.2) is 126 Å². The summed E-state index contributed by atoms with van der Waals surface area (Å²) in [7, 11) is 1.46. The number of carbonyl (C=O) groups is 10. The number of aliphatic hydroxyl groups is 6. The minimum atomic E-state index is -2.42. The Morgan fingerprint density at radius 2 is 1.37 bits per heavy atom. The van der Waals surface area contributed by atoms with E-state index in [9.17, 15) is 74.7 Å². The van der Waals surface area contributed by atoms with E-state index in [1.807, 2.05) is 17.8 Å². The molecule has 7 aromatic rings. The van der Waals surface area contributed by atoms with Gasteiger partial charge in [-0.2, -0.15) is 4.98 Å². The highest BCUT2D eigenvalue weighted by Crippen LogP contribution is 2.50. The number of benzene rings is 6. The van der Waals surface area contributed by atoms with E-state index in [0.717, 1.165) is 66.7 Å². The number of carbonyl (C=O) groups excluding carboxylic acids is 10. The number of hydrazine groups is 1. The smallest absolute Gasteiger partial charge is 0.349 e. The fourth-order valence-electron chi connectivity index (χ4n) is 15.2. The molecule has 0 aliphatic carbocycles. The summed E-state index contributed by atoms with van der Waals surface area (Å²) in [5, 5.41) is 129. The first kappa shape index (κ1) is 94.3. The van der Waals surface area contributed by atoms with E-state index in [1.54, 1.807) is 51.1 Å². The molecule has 2 fully saturated rings. The third-order valence-corrected chi connectivity index (χ3v) is 22.3. The van der Waals surface area contributed by atoms with Crippen molar-refractivity contribution in [2.75, 3.05) is 32.1 Å². The summed E-state index contributed by atoms with van der Waals surface area (Å²) in [6, 6.07) is 5.87. The van der Waals surface area contributed by atoms with Gasteiger partial charge in [0, 0.05) is 54.5 Å². The zero-order valence-corrected chi connectivity index (χ0v) is 70.7. The fraction of sp³-hybridized carbons (Fsp3) is 0.381. The molecule has 0 radical (unpaired) electrons. The Kier molecular flexibility index (Phi) is 29.8. The van der Waals surface area contributed by atoms with Crippen LogP contribution in [0.5, 0.6) is 51.7 Å². The molecule has 42 nitrogen and oxygen atoms in total. The molecule has 18 atom stereocenters. The molecule has 0 spiro atoms. The van der Waals surface area contributed by atoms with E-state index in [-0.39, 0.29) is 48.8 Å². The van der Waals surface area contributed by atoms with Crippen molar-refractivity contribution in [2.24, 2.45) is 17.4 Å². The number of ether oxygens (including phenoxy) is 7. The number of amides is 11. The summed E-state index contributed by atoms with van der Waals surface area (Å²) in [5.74, 6) is -16.2. The number of rotatable bonds is 22. The molecule has 2 saturated heterocycles. The zero-order valence-electron chi connectivity index (χ0n) is 69.1. The SMILES string of the molecule is CCOc1ccc(C=CC(=O)Nc2ccn(CCNC3(C)CC(OC4C(Oc5c6cc7cc5Oc5ccc(cc5Cl)C(O)C5NC(=O)C(NC(=O)C7NC(=O)C(CC(N)=O)NC(=O)C(NC(=O)C(CC(C)C)NC)C(O)c7ccc(c(Cl)c7)O6)c6ccc(O)c(c6)-c6c(O)cc(O)cc6C(C(=O)NNC(N)=O)NC5=O)OC(CO)C(O)C4O)OC(C)C3O)c(=O)n2)cc1. The Labute approximate surface area is 738 Å². The number of hydrogen-bond donors (Lipinski definition) is 22. The van der Waals surface area contributed by atoms with Gasteiger partial charge in [0.2, 0.25) is 59.3 Å². The highest BCUT2D eigenvalue weighted by atomic mass is 35.5. The van der Waals surface area contributed by atoms with Gasteiger partial charge < -0.3 is 138 Å². The van der Waals surface area contributed by atoms with Crippen molar-refractivity contribution < 1.29 is 127 Å². The summed E-state index contributed by atoms with van der Waals surface area (Å²) in [4.78, 5) is 162. The number of anilines is 1. The molecule has 11 bridgehead atoms. The number of primary amides is 2. The molecular formula is C84H95Cl2N15O27. The van der Waals surface area contributed by atoms with E-state index in [2.05, 4.69) is 52.8 Å². The third-order valence-electron chi connectivity index (χ3n) is 21.7. The van der Waals surface area contributed by atoms with Crippen molar-refractivity contribution in [3.05, 3.63) is 175 Å². The van der Waals surface area contributed by atoms with Gasteiger partial charge in [-0.05, 0) is 152 Å². The van der Waals surface area contributed by atoms with E-state index < -0.39 is 271 Å². The minimum absolute atomic E-state index is 0.0418. The first-order chi connectivity index (χ1) is 60.8. The van der Waals surface area contributed by atoms with E-state index >= 15 is 24.0 Å². The second kappa shape index (κ2) is 40.4. The summed E-state index contributed by atoms with van der Waals surface area (Å²) in [6.07, 6.45) is -15.5. The van der Waals surface area contributed by atoms with E-state index in [4.69, 9.17) is 67.8 Å². The number of nitrogens with two attached hydrogens (primary N) is 2. The fourth-order valence-corrected chi connectivity index (χ4v) is 15.6. The average Bonchev–Trinajstić information content (AvgIpc) is 0.761. The number of phenols is 3. The number of fused-ring (bicyclic) bond motifs is 15. The predicted octanol–water partition coefficient (Wildman–Crippen LogP) is 0.660. The van der Waals surface area contributed by atoms with Gasteiger partial charge in [0.25, 0.3) is 5.91 Å². The number of hydrogen-bond acceptors (Lipinski definition) is 30. The van der Waals surface area contributed by atoms with Gasteiger partial charge in [-0.1, -0.05) is 67.4 Å². The predicted molar refractivity (Wildman–Crippen MR) is 450 cm³/mol. The molecular weight excluding hydrogens is 1720 g/mol. The molecule has 1 aromatic heterocycles. The van der Waals surface area contributed by atoms with E-state index in [0.29, 0.717) is 17.9 Å². The maximum absolute atomic E-state index is 16.3. The molecule has 7 aliphatic heterocycles. The number of aliphatic hydroxyl groups excluding tert-OH is 6. The zero-order chi connectivity index (χ0) is 92.6. The molecule has 128 heavy (non-hydrogen) atoms. The number of urea groups is 1. The molecule has 11 amide bonds. The Balaban J connectivity index is 0.986. The Morgan fingerprint density at radius 1 is 0.719 bits per heavy atom. The van der Waals surface area contributed by atoms with Crippen LogP contribution in [-0.2, 0) is 63.9 Å². The second-order valence-corrected chi connectivity index (χ2v) is 32.1. The van der Waals surface area contributed by atoms with Crippen LogP contribution in [0.25, 0.3) is 17.2 Å². The van der Waals surface area contributed by atoms with Crippen molar-refractivity contribution in [1.82, 2.24) is 62.9 Å². The van der Waals surface area contributed by atoms with Crippen molar-refractivity contribution in [1.29, 1.82) is 0 Å². The summed E-state index contributed by atoms with van der Waals surface area (Å²) in [5.41, 5.74) is 10.4. The number of aromatic hydroxyl groups is 3. The maximum atomic E-state index is 16.3. The van der Waals surface area contributed by atoms with Crippen LogP contribution in [0.4, 0.5) is 10.6 Å². The van der Waals surface area contributed by atoms with Crippen LogP contribution in [0.3, 0.4) is 0 Å². The quantitative estimate of drug-likeness (QED) is 0.0327. The van der Waals surface area contributed by atoms with Gasteiger partial charge in [-0.15, -0.1) is 0 Å². The monoisotopic (exact) mass is 1820 g/mol. The lowest BCUT2D eigenvalue weighted by atomic mass is 9.85. The minimum Gasteiger partial charge on any atom is -0.508 e. The van der Waals surface area contributed by atoms with Gasteiger partial charge in [0.15, 0.2) is 23.9 Å². The number of halogens is 2. The van der Waals surface area contributed by atoms with Crippen LogP contribution in [0.2, 0.25) is 10.0 Å². The topological polar surface area (TPSA) is 637 Å². The number of nitrogens with one attached hydrogen (secondary N) is 11. The average molecular weight is 1820 g/mol. The molecule has 7 aliphatic rings. The van der Waals surface area contributed by atoms with Crippen LogP contribution < -0.4 is 94.8 Å². The summed E-state index contributed by atoms with van der Waals surface area (Å²) < 4.78 is 46.1. The van der Waals surface area contributed by atoms with Crippen molar-refractivity contribution >= 4 is 94.3 Å². The number of nitrogens with zero attached hydrogens (tertiary/aromatic N) is 2. The van der Waals surface area contributed by atoms with Crippen molar-refractivity contribution in [3.63, 3.8) is 0 Å². The first-order valence-electron chi connectivity index (χ1n) is 40.2. The number of phenolic OH excluding ortho intramolecular Hbond substituents is 3. The lowest BCUT2D eigenvalue weighted by Gasteiger charge is -2.48. The van der Waals surface area contributed by atoms with Crippen LogP contribution in [0.1, 0.15) is 118 Å². The summed E-state index contributed by atoms with van der Waals surface area (Å²) in [6.45, 7) is 7.88. The molecule has 44 heteroatoms. The lowest BCUT2D eigenvalue weighted by Crippen LogP contribution is -2.65.